The van der Waals surface area contributed by atoms with Crippen LogP contribution in [-0.4, -0.2) is 17.2 Å². The van der Waals surface area contributed by atoms with Crippen LogP contribution in [0.15, 0.2) is 36.7 Å². The van der Waals surface area contributed by atoms with Gasteiger partial charge < -0.3 is 9.84 Å². The highest BCUT2D eigenvalue weighted by atomic mass is 19.1. The van der Waals surface area contributed by atoms with Crippen LogP contribution < -0.4 is 4.74 Å². The highest BCUT2D eigenvalue weighted by Gasteiger charge is 2.05. The molecule has 82 valence electrons. The Morgan fingerprint density at radius 2 is 2.00 bits per heavy atom. The molecule has 2 rings (SSSR count). The zero-order valence-corrected chi connectivity index (χ0v) is 8.64. The quantitative estimate of drug-likeness (QED) is 0.844. The van der Waals surface area contributed by atoms with E-state index in [1.165, 1.54) is 19.4 Å². The monoisotopic (exact) mass is 219 g/mol. The SMILES string of the molecule is COc1cc(-c2cncc(O)c2)ccc1F. The Morgan fingerprint density at radius 3 is 2.69 bits per heavy atom. The van der Waals surface area contributed by atoms with Gasteiger partial charge in [0.05, 0.1) is 13.3 Å². The first-order chi connectivity index (χ1) is 7.70. The molecule has 3 nitrogen and oxygen atoms in total. The Balaban J connectivity index is 2.48. The number of methoxy groups -OCH3 is 1. The van der Waals surface area contributed by atoms with Crippen molar-refractivity contribution in [2.45, 2.75) is 0 Å². The molecule has 0 atom stereocenters. The van der Waals surface area contributed by atoms with Crippen LogP contribution in [0.2, 0.25) is 0 Å². The van der Waals surface area contributed by atoms with Crippen molar-refractivity contribution in [2.24, 2.45) is 0 Å². The molecule has 0 saturated heterocycles. The number of halogens is 1. The Morgan fingerprint density at radius 1 is 1.19 bits per heavy atom. The van der Waals surface area contributed by atoms with E-state index in [9.17, 15) is 9.50 Å². The molecule has 1 N–H and O–H groups in total. The minimum atomic E-state index is -0.417. The summed E-state index contributed by atoms with van der Waals surface area (Å²) >= 11 is 0. The molecular formula is C12H10FNO2. The topological polar surface area (TPSA) is 42.4 Å². The van der Waals surface area contributed by atoms with Crippen LogP contribution in [0.1, 0.15) is 0 Å². The van der Waals surface area contributed by atoms with Gasteiger partial charge in [-0.15, -0.1) is 0 Å². The maximum Gasteiger partial charge on any atom is 0.165 e. The molecule has 16 heavy (non-hydrogen) atoms. The van der Waals surface area contributed by atoms with Crippen LogP contribution in [0.5, 0.6) is 11.5 Å². The van der Waals surface area contributed by atoms with E-state index in [0.29, 0.717) is 5.56 Å². The van der Waals surface area contributed by atoms with Crippen molar-refractivity contribution in [3.8, 4) is 22.6 Å². The molecule has 1 aromatic heterocycles. The lowest BCUT2D eigenvalue weighted by atomic mass is 10.1. The second-order valence-corrected chi connectivity index (χ2v) is 3.28. The number of pyridine rings is 1. The van der Waals surface area contributed by atoms with E-state index < -0.39 is 5.82 Å². The predicted octanol–water partition coefficient (Wildman–Crippen LogP) is 2.60. The predicted molar refractivity (Wildman–Crippen MR) is 57.8 cm³/mol. The number of nitrogens with zero attached hydrogens (tertiary/aromatic N) is 1. The summed E-state index contributed by atoms with van der Waals surface area (Å²) < 4.78 is 18.1. The van der Waals surface area contributed by atoms with Gasteiger partial charge in [-0.1, -0.05) is 6.07 Å². The number of hydrogen-bond donors (Lipinski definition) is 1. The summed E-state index contributed by atoms with van der Waals surface area (Å²) in [5, 5.41) is 9.29. The highest BCUT2D eigenvalue weighted by molar-refractivity contribution is 5.65. The van der Waals surface area contributed by atoms with Gasteiger partial charge in [0.15, 0.2) is 11.6 Å². The first kappa shape index (κ1) is 10.4. The molecule has 0 spiro atoms. The van der Waals surface area contributed by atoms with Crippen LogP contribution in [0.4, 0.5) is 4.39 Å². The minimum absolute atomic E-state index is 0.0702. The van der Waals surface area contributed by atoms with E-state index in [0.717, 1.165) is 5.56 Å². The zero-order chi connectivity index (χ0) is 11.5. The lowest BCUT2D eigenvalue weighted by Gasteiger charge is -2.05. The normalized spacial score (nSPS) is 10.1. The fraction of sp³-hybridized carbons (Fsp3) is 0.0833. The number of ether oxygens (including phenoxy) is 1. The van der Waals surface area contributed by atoms with Gasteiger partial charge in [-0.25, -0.2) is 4.39 Å². The van der Waals surface area contributed by atoms with Crippen molar-refractivity contribution in [1.82, 2.24) is 4.98 Å². The molecule has 0 amide bonds. The molecule has 1 aromatic carbocycles. The van der Waals surface area contributed by atoms with E-state index in [1.807, 2.05) is 0 Å². The summed E-state index contributed by atoms with van der Waals surface area (Å²) in [5.41, 5.74) is 1.44. The molecule has 1 heterocycles. The fourth-order valence-electron chi connectivity index (χ4n) is 1.43. The third-order valence-electron chi connectivity index (χ3n) is 2.21. The molecule has 0 aliphatic heterocycles. The van der Waals surface area contributed by atoms with Crippen molar-refractivity contribution in [3.05, 3.63) is 42.5 Å². The van der Waals surface area contributed by atoms with Crippen molar-refractivity contribution >= 4 is 0 Å². The molecule has 0 unspecified atom stereocenters. The molecule has 2 aromatic rings. The van der Waals surface area contributed by atoms with E-state index >= 15 is 0 Å². The molecule has 0 bridgehead atoms. The van der Waals surface area contributed by atoms with Gasteiger partial charge in [-0.3, -0.25) is 4.98 Å². The van der Waals surface area contributed by atoms with Crippen molar-refractivity contribution < 1.29 is 14.2 Å². The van der Waals surface area contributed by atoms with E-state index in [2.05, 4.69) is 4.98 Å². The van der Waals surface area contributed by atoms with E-state index in [4.69, 9.17) is 4.74 Å². The summed E-state index contributed by atoms with van der Waals surface area (Å²) in [5.74, 6) is -0.180. The first-order valence-electron chi connectivity index (χ1n) is 4.68. The van der Waals surface area contributed by atoms with Crippen LogP contribution in [-0.2, 0) is 0 Å². The van der Waals surface area contributed by atoms with Gasteiger partial charge >= 0.3 is 0 Å². The van der Waals surface area contributed by atoms with Gasteiger partial charge in [-0.05, 0) is 23.8 Å². The van der Waals surface area contributed by atoms with Crippen LogP contribution >= 0.6 is 0 Å². The summed E-state index contributed by atoms with van der Waals surface area (Å²) in [6.07, 6.45) is 2.93. The van der Waals surface area contributed by atoms with Crippen molar-refractivity contribution in [3.63, 3.8) is 0 Å². The van der Waals surface area contributed by atoms with Gasteiger partial charge in [0.2, 0.25) is 0 Å². The van der Waals surface area contributed by atoms with E-state index in [-0.39, 0.29) is 11.5 Å². The molecule has 0 radical (unpaired) electrons. The van der Waals surface area contributed by atoms with Crippen molar-refractivity contribution in [1.29, 1.82) is 0 Å². The molecule has 0 aliphatic rings. The zero-order valence-electron chi connectivity index (χ0n) is 8.64. The second-order valence-electron chi connectivity index (χ2n) is 3.28. The maximum absolute atomic E-state index is 13.2. The largest absolute Gasteiger partial charge is 0.506 e. The van der Waals surface area contributed by atoms with Gasteiger partial charge in [0.1, 0.15) is 5.75 Å². The molecule has 0 saturated carbocycles. The Hall–Kier alpha value is -2.10. The lowest BCUT2D eigenvalue weighted by molar-refractivity contribution is 0.387. The summed E-state index contributed by atoms with van der Waals surface area (Å²) in [4.78, 5) is 3.85. The average Bonchev–Trinajstić information content (AvgIpc) is 2.29. The Labute approximate surface area is 92.1 Å². The number of rotatable bonds is 2. The average molecular weight is 219 g/mol. The second kappa shape index (κ2) is 4.18. The Kier molecular flexibility index (Phi) is 2.72. The third-order valence-corrected chi connectivity index (χ3v) is 2.21. The first-order valence-corrected chi connectivity index (χ1v) is 4.68. The molecule has 4 heteroatoms. The fourth-order valence-corrected chi connectivity index (χ4v) is 1.43. The standard InChI is InChI=1S/C12H10FNO2/c1-16-12-5-8(2-3-11(12)13)9-4-10(15)7-14-6-9/h2-7,15H,1H3. The van der Waals surface area contributed by atoms with Crippen LogP contribution in [0.25, 0.3) is 11.1 Å². The van der Waals surface area contributed by atoms with Crippen molar-refractivity contribution in [2.75, 3.05) is 7.11 Å². The van der Waals surface area contributed by atoms with E-state index in [1.54, 1.807) is 24.4 Å². The molecule has 0 fully saturated rings. The number of aromatic hydroxyl groups is 1. The minimum Gasteiger partial charge on any atom is -0.506 e. The molecule has 0 aliphatic carbocycles. The third kappa shape index (κ3) is 1.95. The van der Waals surface area contributed by atoms with Gasteiger partial charge in [0, 0.05) is 11.8 Å². The highest BCUT2D eigenvalue weighted by Crippen LogP contribution is 2.27. The lowest BCUT2D eigenvalue weighted by Crippen LogP contribution is -1.89. The van der Waals surface area contributed by atoms with Crippen LogP contribution in [0, 0.1) is 5.82 Å². The van der Waals surface area contributed by atoms with Gasteiger partial charge in [-0.2, -0.15) is 0 Å². The summed E-state index contributed by atoms with van der Waals surface area (Å²) in [7, 11) is 1.41. The summed E-state index contributed by atoms with van der Waals surface area (Å²) in [6.45, 7) is 0. The summed E-state index contributed by atoms with van der Waals surface area (Å²) in [6, 6.07) is 6.04. The van der Waals surface area contributed by atoms with Crippen LogP contribution in [0.3, 0.4) is 0 Å². The number of benzene rings is 1. The molecular weight excluding hydrogens is 209 g/mol. The van der Waals surface area contributed by atoms with Gasteiger partial charge in [0.25, 0.3) is 0 Å². The Bertz CT molecular complexity index is 514. The number of aromatic nitrogens is 1. The number of hydrogen-bond acceptors (Lipinski definition) is 3. The maximum atomic E-state index is 13.2. The smallest absolute Gasteiger partial charge is 0.165 e.